The third kappa shape index (κ3) is 4.11. The first kappa shape index (κ1) is 16.3. The van der Waals surface area contributed by atoms with Crippen molar-refractivity contribution in [3.05, 3.63) is 34.9 Å². The number of carbonyl (C=O) groups excluding carboxylic acids is 1. The zero-order chi connectivity index (χ0) is 15.1. The van der Waals surface area contributed by atoms with Gasteiger partial charge in [-0.05, 0) is 39.8 Å². The fraction of sp³-hybridized carbons (Fsp3) is 0.471. The summed E-state index contributed by atoms with van der Waals surface area (Å²) >= 11 is 0. The van der Waals surface area contributed by atoms with E-state index in [9.17, 15) is 4.79 Å². The Labute approximate surface area is 121 Å². The highest BCUT2D eigenvalue weighted by Crippen LogP contribution is 2.15. The molecular formula is C17H23NO2. The van der Waals surface area contributed by atoms with Crippen molar-refractivity contribution in [2.75, 3.05) is 13.2 Å². The summed E-state index contributed by atoms with van der Waals surface area (Å²) in [7, 11) is 0. The van der Waals surface area contributed by atoms with E-state index in [1.165, 1.54) is 0 Å². The number of aliphatic hydroxyl groups is 1. The van der Waals surface area contributed by atoms with E-state index in [0.717, 1.165) is 11.1 Å². The van der Waals surface area contributed by atoms with Crippen LogP contribution in [0.5, 0.6) is 0 Å². The first-order chi connectivity index (χ1) is 9.51. The highest BCUT2D eigenvalue weighted by atomic mass is 16.2. The molecule has 0 aliphatic heterocycles. The third-order valence-electron chi connectivity index (χ3n) is 3.09. The minimum atomic E-state index is 0.0134. The molecule has 1 aromatic carbocycles. The SMILES string of the molecule is CCN(C(=O)c1cc(C)ccc1C#CCCO)C(C)C. The number of nitrogens with zero attached hydrogens (tertiary/aromatic N) is 1. The van der Waals surface area contributed by atoms with Crippen LogP contribution in [0.25, 0.3) is 0 Å². The summed E-state index contributed by atoms with van der Waals surface area (Å²) in [5.74, 6) is 5.88. The van der Waals surface area contributed by atoms with Crippen molar-refractivity contribution in [3.63, 3.8) is 0 Å². The van der Waals surface area contributed by atoms with Crippen LogP contribution in [0.15, 0.2) is 18.2 Å². The Hall–Kier alpha value is -1.79. The first-order valence-corrected chi connectivity index (χ1v) is 7.02. The molecule has 1 N–H and O–H groups in total. The molecule has 1 rings (SSSR count). The maximum absolute atomic E-state index is 12.6. The molecule has 0 saturated heterocycles. The third-order valence-corrected chi connectivity index (χ3v) is 3.09. The van der Waals surface area contributed by atoms with Crippen LogP contribution < -0.4 is 0 Å². The number of hydrogen-bond donors (Lipinski definition) is 1. The average molecular weight is 273 g/mol. The number of aryl methyl sites for hydroxylation is 1. The second-order valence-corrected chi connectivity index (χ2v) is 5.01. The molecule has 3 nitrogen and oxygen atoms in total. The Morgan fingerprint density at radius 1 is 1.40 bits per heavy atom. The van der Waals surface area contributed by atoms with Crippen molar-refractivity contribution in [3.8, 4) is 11.8 Å². The molecule has 0 atom stereocenters. The van der Waals surface area contributed by atoms with Gasteiger partial charge in [-0.1, -0.05) is 23.5 Å². The minimum absolute atomic E-state index is 0.0134. The summed E-state index contributed by atoms with van der Waals surface area (Å²) < 4.78 is 0. The molecule has 0 unspecified atom stereocenters. The molecule has 0 aliphatic rings. The lowest BCUT2D eigenvalue weighted by atomic mass is 10.0. The van der Waals surface area contributed by atoms with Gasteiger partial charge in [0, 0.05) is 24.6 Å². The number of carbonyl (C=O) groups is 1. The lowest BCUT2D eigenvalue weighted by Crippen LogP contribution is -2.37. The van der Waals surface area contributed by atoms with E-state index in [1.54, 1.807) is 0 Å². The highest BCUT2D eigenvalue weighted by molar-refractivity contribution is 5.97. The maximum atomic E-state index is 12.6. The summed E-state index contributed by atoms with van der Waals surface area (Å²) in [6.07, 6.45) is 0.420. The normalized spacial score (nSPS) is 10.1. The Kier molecular flexibility index (Phi) is 6.27. The van der Waals surface area contributed by atoms with Crippen molar-refractivity contribution in [2.45, 2.75) is 40.2 Å². The Balaban J connectivity index is 3.18. The maximum Gasteiger partial charge on any atom is 0.255 e. The second kappa shape index (κ2) is 7.72. The van der Waals surface area contributed by atoms with Crippen LogP contribution in [0, 0.1) is 18.8 Å². The first-order valence-electron chi connectivity index (χ1n) is 7.02. The predicted octanol–water partition coefficient (Wildman–Crippen LogP) is 2.60. The Bertz CT molecular complexity index is 524. The summed E-state index contributed by atoms with van der Waals surface area (Å²) in [4.78, 5) is 14.5. The molecule has 3 heteroatoms. The van der Waals surface area contributed by atoms with Crippen molar-refractivity contribution in [1.82, 2.24) is 4.90 Å². The molecule has 0 aliphatic carbocycles. The summed E-state index contributed by atoms with van der Waals surface area (Å²) in [6.45, 7) is 8.67. The van der Waals surface area contributed by atoms with Gasteiger partial charge in [0.15, 0.2) is 0 Å². The largest absolute Gasteiger partial charge is 0.395 e. The van der Waals surface area contributed by atoms with Crippen LogP contribution in [-0.2, 0) is 0 Å². The van der Waals surface area contributed by atoms with E-state index in [1.807, 2.05) is 50.8 Å². The Morgan fingerprint density at radius 2 is 2.10 bits per heavy atom. The van der Waals surface area contributed by atoms with Gasteiger partial charge in [-0.25, -0.2) is 0 Å². The molecule has 20 heavy (non-hydrogen) atoms. The van der Waals surface area contributed by atoms with Gasteiger partial charge in [0.1, 0.15) is 0 Å². The van der Waals surface area contributed by atoms with Crippen molar-refractivity contribution < 1.29 is 9.90 Å². The van der Waals surface area contributed by atoms with E-state index < -0.39 is 0 Å². The molecule has 0 spiro atoms. The fourth-order valence-corrected chi connectivity index (χ4v) is 2.06. The number of aliphatic hydroxyl groups excluding tert-OH is 1. The van der Waals surface area contributed by atoms with E-state index in [0.29, 0.717) is 18.5 Å². The number of amides is 1. The van der Waals surface area contributed by atoms with E-state index in [4.69, 9.17) is 5.11 Å². The van der Waals surface area contributed by atoms with Gasteiger partial charge in [-0.15, -0.1) is 0 Å². The molecule has 0 aromatic heterocycles. The molecule has 0 radical (unpaired) electrons. The van der Waals surface area contributed by atoms with E-state index in [2.05, 4.69) is 11.8 Å². The summed E-state index contributed by atoms with van der Waals surface area (Å²) in [5.41, 5.74) is 2.42. The molecule has 1 amide bonds. The average Bonchev–Trinajstić information content (AvgIpc) is 2.40. The standard InChI is InChI=1S/C17H23NO2/c1-5-18(13(2)3)17(20)16-12-14(4)9-10-15(16)8-6-7-11-19/h9-10,12-13,19H,5,7,11H2,1-4H3. The van der Waals surface area contributed by atoms with Gasteiger partial charge in [0.05, 0.1) is 12.2 Å². The van der Waals surface area contributed by atoms with Crippen LogP contribution in [0.3, 0.4) is 0 Å². The summed E-state index contributed by atoms with van der Waals surface area (Å²) in [6, 6.07) is 5.87. The molecule has 0 fully saturated rings. The molecule has 108 valence electrons. The molecule has 0 heterocycles. The molecule has 0 saturated carbocycles. The molecular weight excluding hydrogens is 250 g/mol. The number of benzene rings is 1. The predicted molar refractivity (Wildman–Crippen MR) is 81.6 cm³/mol. The van der Waals surface area contributed by atoms with Crippen molar-refractivity contribution in [2.24, 2.45) is 0 Å². The fourth-order valence-electron chi connectivity index (χ4n) is 2.06. The van der Waals surface area contributed by atoms with Gasteiger partial charge >= 0.3 is 0 Å². The van der Waals surface area contributed by atoms with Crippen LogP contribution >= 0.6 is 0 Å². The van der Waals surface area contributed by atoms with Crippen molar-refractivity contribution in [1.29, 1.82) is 0 Å². The van der Waals surface area contributed by atoms with Crippen LogP contribution in [0.4, 0.5) is 0 Å². The highest BCUT2D eigenvalue weighted by Gasteiger charge is 2.19. The quantitative estimate of drug-likeness (QED) is 0.857. The topological polar surface area (TPSA) is 40.5 Å². The van der Waals surface area contributed by atoms with Gasteiger partial charge in [-0.2, -0.15) is 0 Å². The van der Waals surface area contributed by atoms with Crippen LogP contribution in [0.2, 0.25) is 0 Å². The lowest BCUT2D eigenvalue weighted by Gasteiger charge is -2.25. The lowest BCUT2D eigenvalue weighted by molar-refractivity contribution is 0.0716. The van der Waals surface area contributed by atoms with E-state index >= 15 is 0 Å². The van der Waals surface area contributed by atoms with Crippen LogP contribution in [-0.4, -0.2) is 35.1 Å². The molecule has 0 bridgehead atoms. The minimum Gasteiger partial charge on any atom is -0.395 e. The van der Waals surface area contributed by atoms with Gasteiger partial charge in [0.2, 0.25) is 0 Å². The number of rotatable bonds is 4. The van der Waals surface area contributed by atoms with Crippen LogP contribution in [0.1, 0.15) is 48.7 Å². The monoisotopic (exact) mass is 273 g/mol. The van der Waals surface area contributed by atoms with Crippen molar-refractivity contribution >= 4 is 5.91 Å². The Morgan fingerprint density at radius 3 is 2.65 bits per heavy atom. The zero-order valence-electron chi connectivity index (χ0n) is 12.7. The zero-order valence-corrected chi connectivity index (χ0v) is 12.7. The number of hydrogen-bond acceptors (Lipinski definition) is 2. The van der Waals surface area contributed by atoms with Gasteiger partial charge in [0.25, 0.3) is 5.91 Å². The second-order valence-electron chi connectivity index (χ2n) is 5.01. The molecule has 1 aromatic rings. The van der Waals surface area contributed by atoms with Gasteiger partial charge in [-0.3, -0.25) is 4.79 Å². The van der Waals surface area contributed by atoms with E-state index in [-0.39, 0.29) is 18.6 Å². The van der Waals surface area contributed by atoms with Gasteiger partial charge < -0.3 is 10.0 Å². The smallest absolute Gasteiger partial charge is 0.255 e. The summed E-state index contributed by atoms with van der Waals surface area (Å²) in [5, 5.41) is 8.79.